The summed E-state index contributed by atoms with van der Waals surface area (Å²) in [4.78, 5) is 8.90. The van der Waals surface area contributed by atoms with E-state index < -0.39 is 12.1 Å². The lowest BCUT2D eigenvalue weighted by Gasteiger charge is -2.08. The third-order valence-corrected chi connectivity index (χ3v) is 5.13. The summed E-state index contributed by atoms with van der Waals surface area (Å²) in [7, 11) is 0. The zero-order chi connectivity index (χ0) is 28.6. The van der Waals surface area contributed by atoms with Crippen molar-refractivity contribution >= 4 is 18.6 Å². The molecule has 3 N–H and O–H groups in total. The second-order valence-electron chi connectivity index (χ2n) is 8.17. The van der Waals surface area contributed by atoms with E-state index in [0.717, 1.165) is 18.8 Å². The molecule has 0 radical (unpaired) electrons. The van der Waals surface area contributed by atoms with E-state index in [9.17, 15) is 13.2 Å². The van der Waals surface area contributed by atoms with E-state index in [1.165, 1.54) is 51.4 Å². The van der Waals surface area contributed by atoms with Crippen LogP contribution in [0.15, 0.2) is 0 Å². The second-order valence-corrected chi connectivity index (χ2v) is 8.62. The standard InChI is InChI=1S/C23H49NO6S.C2HF3O2/c24-10-12-26-14-16-28-18-20-30-22-21-29-19-17-27-15-13-25-11-8-6-4-2-1-3-5-7-9-23-31;3-2(4,5)1(6)7/h31H,1-24H2;(H,6,7). The zero-order valence-corrected chi connectivity index (χ0v) is 23.6. The predicted octanol–water partition coefficient (Wildman–Crippen LogP) is 4.12. The van der Waals surface area contributed by atoms with Crippen LogP contribution in [0, 0.1) is 0 Å². The summed E-state index contributed by atoms with van der Waals surface area (Å²) in [5.41, 5.74) is 5.32. The van der Waals surface area contributed by atoms with Crippen molar-refractivity contribution in [2.75, 3.05) is 91.6 Å². The molecule has 0 amide bonds. The molecule has 0 saturated heterocycles. The van der Waals surface area contributed by atoms with E-state index in [2.05, 4.69) is 12.6 Å². The average Bonchev–Trinajstić information content (AvgIpc) is 2.88. The van der Waals surface area contributed by atoms with Crippen LogP contribution in [0.4, 0.5) is 13.2 Å². The number of rotatable bonds is 28. The summed E-state index contributed by atoms with van der Waals surface area (Å²) in [6, 6.07) is 0. The highest BCUT2D eigenvalue weighted by Gasteiger charge is 2.38. The lowest BCUT2D eigenvalue weighted by molar-refractivity contribution is -0.192. The van der Waals surface area contributed by atoms with Crippen LogP contribution in [0.5, 0.6) is 0 Å². The Labute approximate surface area is 231 Å². The van der Waals surface area contributed by atoms with Crippen molar-refractivity contribution < 1.29 is 51.5 Å². The SMILES string of the molecule is NCCOCCOCCOCCOCCOCCOCCCCCCCCCCCS.O=C(O)C(F)(F)F. The Morgan fingerprint density at radius 3 is 1.11 bits per heavy atom. The zero-order valence-electron chi connectivity index (χ0n) is 22.7. The molecule has 0 unspecified atom stereocenters. The van der Waals surface area contributed by atoms with Gasteiger partial charge in [-0.05, 0) is 18.6 Å². The van der Waals surface area contributed by atoms with Gasteiger partial charge in [-0.25, -0.2) is 4.79 Å². The van der Waals surface area contributed by atoms with Crippen LogP contribution in [-0.2, 0) is 33.2 Å². The summed E-state index contributed by atoms with van der Waals surface area (Å²) in [6.07, 6.45) is 6.72. The average molecular weight is 582 g/mol. The highest BCUT2D eigenvalue weighted by Crippen LogP contribution is 2.13. The molecule has 0 rings (SSSR count). The number of alkyl halides is 3. The normalized spacial score (nSPS) is 11.4. The molecule has 0 atom stereocenters. The van der Waals surface area contributed by atoms with Crippen molar-refractivity contribution in [2.24, 2.45) is 5.73 Å². The van der Waals surface area contributed by atoms with Gasteiger partial charge in [0.2, 0.25) is 0 Å². The Morgan fingerprint density at radius 2 is 0.816 bits per heavy atom. The van der Waals surface area contributed by atoms with Gasteiger partial charge >= 0.3 is 12.1 Å². The minimum Gasteiger partial charge on any atom is -0.475 e. The minimum absolute atomic E-state index is 0.542. The van der Waals surface area contributed by atoms with E-state index in [0.29, 0.717) is 79.2 Å². The third kappa shape index (κ3) is 37.5. The van der Waals surface area contributed by atoms with Crippen LogP contribution in [0.2, 0.25) is 0 Å². The predicted molar refractivity (Wildman–Crippen MR) is 143 cm³/mol. The van der Waals surface area contributed by atoms with E-state index in [4.69, 9.17) is 44.1 Å². The van der Waals surface area contributed by atoms with Gasteiger partial charge in [0.05, 0.1) is 72.7 Å². The maximum absolute atomic E-state index is 10.6. The van der Waals surface area contributed by atoms with Crippen molar-refractivity contribution in [2.45, 2.75) is 64.0 Å². The molecule has 0 saturated carbocycles. The molecule has 0 spiro atoms. The Kier molecular flexibility index (Phi) is 33.8. The lowest BCUT2D eigenvalue weighted by Crippen LogP contribution is -2.21. The quantitative estimate of drug-likeness (QED) is 0.0926. The van der Waals surface area contributed by atoms with Gasteiger partial charge in [-0.3, -0.25) is 0 Å². The fraction of sp³-hybridized carbons (Fsp3) is 0.960. The van der Waals surface area contributed by atoms with E-state index in [1.54, 1.807) is 0 Å². The van der Waals surface area contributed by atoms with Gasteiger partial charge in [0.1, 0.15) is 0 Å². The Morgan fingerprint density at radius 1 is 0.553 bits per heavy atom. The van der Waals surface area contributed by atoms with Crippen molar-refractivity contribution in [1.29, 1.82) is 0 Å². The summed E-state index contributed by atoms with van der Waals surface area (Å²) >= 11 is 4.24. The Balaban J connectivity index is 0. The van der Waals surface area contributed by atoms with Crippen LogP contribution in [0.25, 0.3) is 0 Å². The summed E-state index contributed by atoms with van der Waals surface area (Å²) in [5, 5.41) is 7.12. The number of hydrogen-bond donors (Lipinski definition) is 3. The molecule has 0 aromatic carbocycles. The van der Waals surface area contributed by atoms with Gasteiger partial charge in [0, 0.05) is 13.2 Å². The molecule has 0 aliphatic carbocycles. The van der Waals surface area contributed by atoms with E-state index in [1.807, 2.05) is 0 Å². The molecular weight excluding hydrogens is 531 g/mol. The minimum atomic E-state index is -5.08. The first-order valence-corrected chi connectivity index (χ1v) is 14.1. The van der Waals surface area contributed by atoms with Crippen molar-refractivity contribution in [3.05, 3.63) is 0 Å². The highest BCUT2D eigenvalue weighted by molar-refractivity contribution is 7.80. The number of carboxylic acids is 1. The van der Waals surface area contributed by atoms with Crippen molar-refractivity contribution in [1.82, 2.24) is 0 Å². The molecule has 0 aromatic rings. The Hall–Kier alpha value is -0.670. The maximum Gasteiger partial charge on any atom is 0.490 e. The number of unbranched alkanes of at least 4 members (excludes halogenated alkanes) is 8. The maximum atomic E-state index is 10.6. The topological polar surface area (TPSA) is 119 Å². The smallest absolute Gasteiger partial charge is 0.475 e. The lowest BCUT2D eigenvalue weighted by atomic mass is 10.1. The summed E-state index contributed by atoms with van der Waals surface area (Å²) in [5.74, 6) is -1.73. The number of carbonyl (C=O) groups is 1. The fourth-order valence-electron chi connectivity index (χ4n) is 2.84. The van der Waals surface area contributed by atoms with E-state index >= 15 is 0 Å². The molecule has 0 heterocycles. The first kappa shape index (κ1) is 39.5. The summed E-state index contributed by atoms with van der Waals surface area (Å²) in [6.45, 7) is 7.79. The molecular formula is C25H50F3NO8S. The number of halogens is 3. The highest BCUT2D eigenvalue weighted by atomic mass is 32.1. The molecule has 13 heteroatoms. The van der Waals surface area contributed by atoms with Crippen molar-refractivity contribution in [3.8, 4) is 0 Å². The molecule has 0 bridgehead atoms. The van der Waals surface area contributed by atoms with Gasteiger partial charge in [-0.2, -0.15) is 25.8 Å². The molecule has 0 aliphatic rings. The van der Waals surface area contributed by atoms with Crippen LogP contribution < -0.4 is 5.73 Å². The van der Waals surface area contributed by atoms with Gasteiger partial charge in [-0.15, -0.1) is 0 Å². The first-order valence-electron chi connectivity index (χ1n) is 13.4. The van der Waals surface area contributed by atoms with Gasteiger partial charge < -0.3 is 39.3 Å². The third-order valence-electron chi connectivity index (χ3n) is 4.81. The molecule has 38 heavy (non-hydrogen) atoms. The van der Waals surface area contributed by atoms with E-state index in [-0.39, 0.29) is 0 Å². The van der Waals surface area contributed by atoms with Crippen LogP contribution >= 0.6 is 12.6 Å². The number of thiol groups is 1. The molecule has 0 fully saturated rings. The number of carboxylic acid groups (broad SMARTS) is 1. The van der Waals surface area contributed by atoms with Crippen LogP contribution in [0.1, 0.15) is 57.8 Å². The molecule has 230 valence electrons. The van der Waals surface area contributed by atoms with Gasteiger partial charge in [-0.1, -0.05) is 44.9 Å². The monoisotopic (exact) mass is 581 g/mol. The summed E-state index contributed by atoms with van der Waals surface area (Å²) < 4.78 is 64.3. The molecule has 9 nitrogen and oxygen atoms in total. The van der Waals surface area contributed by atoms with Gasteiger partial charge in [0.15, 0.2) is 0 Å². The fourth-order valence-corrected chi connectivity index (χ4v) is 3.06. The second kappa shape index (κ2) is 32.5. The first-order chi connectivity index (χ1) is 18.4. The van der Waals surface area contributed by atoms with Crippen LogP contribution in [0.3, 0.4) is 0 Å². The number of hydrogen-bond acceptors (Lipinski definition) is 9. The molecule has 0 aliphatic heterocycles. The number of aliphatic carboxylic acids is 1. The Bertz CT molecular complexity index is 452. The molecule has 0 aromatic heterocycles. The van der Waals surface area contributed by atoms with Crippen molar-refractivity contribution in [3.63, 3.8) is 0 Å². The number of ether oxygens (including phenoxy) is 6. The number of nitrogens with two attached hydrogens (primary N) is 1. The van der Waals surface area contributed by atoms with Crippen LogP contribution in [-0.4, -0.2) is 109 Å². The van der Waals surface area contributed by atoms with Gasteiger partial charge in [0.25, 0.3) is 0 Å². The largest absolute Gasteiger partial charge is 0.490 e.